The fraction of sp³-hybridized carbons (Fsp3) is 0. The molecule has 0 atom stereocenters. The summed E-state index contributed by atoms with van der Waals surface area (Å²) in [5, 5.41) is 7.37. The summed E-state index contributed by atoms with van der Waals surface area (Å²) in [6.45, 7) is 0. The Hall–Kier alpha value is -0.840. The predicted octanol–water partition coefficient (Wildman–Crippen LogP) is -0.0137. The van der Waals surface area contributed by atoms with Gasteiger partial charge in [-0.25, -0.2) is 9.74 Å². The van der Waals surface area contributed by atoms with Crippen molar-refractivity contribution in [2.45, 2.75) is 0 Å². The minimum Gasteiger partial charge on any atom is -0.286 e. The van der Waals surface area contributed by atoms with Crippen molar-refractivity contribution in [1.82, 2.24) is 5.48 Å². The molecule has 0 rings (SSSR count). The Kier molecular flexibility index (Phi) is 2.06. The van der Waals surface area contributed by atoms with E-state index in [2.05, 4.69) is 4.94 Å². The molecule has 2 N–H and O–H groups in total. The van der Waals surface area contributed by atoms with Gasteiger partial charge in [-0.1, -0.05) is 0 Å². The summed E-state index contributed by atoms with van der Waals surface area (Å²) in [6.07, 6.45) is -1.52. The first kappa shape index (κ1) is 5.16. The summed E-state index contributed by atoms with van der Waals surface area (Å²) < 4.78 is 10.3. The zero-order valence-electron chi connectivity index (χ0n) is 2.64. The van der Waals surface area contributed by atoms with Crippen LogP contribution in [0.1, 0.15) is 0 Å². The molecule has 0 aromatic carbocycles. The molecule has 0 aliphatic carbocycles. The van der Waals surface area contributed by atoms with Gasteiger partial charge in [0.2, 0.25) is 0 Å². The van der Waals surface area contributed by atoms with Crippen LogP contribution in [0.5, 0.6) is 0 Å². The van der Waals surface area contributed by atoms with Crippen LogP contribution in [0.4, 0.5) is 9.32 Å². The molecule has 0 unspecified atom stereocenters. The quantitative estimate of drug-likeness (QED) is 0.328. The van der Waals surface area contributed by atoms with E-state index in [1.54, 1.807) is 0 Å². The Labute approximate surface area is 32.4 Å². The van der Waals surface area contributed by atoms with Crippen LogP contribution in [0.3, 0.4) is 0 Å². The maximum absolute atomic E-state index is 10.3. The molecule has 0 spiro atoms. The van der Waals surface area contributed by atoms with E-state index in [0.29, 0.717) is 0 Å². The van der Waals surface area contributed by atoms with Crippen molar-refractivity contribution in [3.05, 3.63) is 0 Å². The molecule has 0 heterocycles. The molecular weight excluding hydrogens is 93.0 g/mol. The molecule has 0 radical (unpaired) electrons. The fourth-order valence-electron chi connectivity index (χ4n) is 0.0173. The molecule has 0 saturated carbocycles. The Morgan fingerprint density at radius 2 is 2.50 bits per heavy atom. The third-order valence-corrected chi connectivity index (χ3v) is 0.161. The van der Waals surface area contributed by atoms with E-state index in [9.17, 15) is 9.32 Å². The molecule has 6 heavy (non-hydrogen) atoms. The van der Waals surface area contributed by atoms with Gasteiger partial charge in [0.15, 0.2) is 0 Å². The molecular formula is CH2FNO3. The zero-order valence-corrected chi connectivity index (χ0v) is 2.64. The number of hydroxylamine groups is 1. The third kappa shape index (κ3) is 1.48. The molecule has 0 bridgehead atoms. The van der Waals surface area contributed by atoms with E-state index in [-0.39, 0.29) is 0 Å². The van der Waals surface area contributed by atoms with Gasteiger partial charge in [0.25, 0.3) is 0 Å². The number of nitrogens with one attached hydrogen (secondary N) is 1. The van der Waals surface area contributed by atoms with Gasteiger partial charge >= 0.3 is 6.09 Å². The van der Waals surface area contributed by atoms with Crippen LogP contribution >= 0.6 is 0 Å². The van der Waals surface area contributed by atoms with Gasteiger partial charge in [-0.05, 0) is 0 Å². The lowest BCUT2D eigenvalue weighted by atomic mass is 11.3. The minimum absolute atomic E-state index is 0.878. The lowest BCUT2D eigenvalue weighted by Gasteiger charge is -1.82. The predicted molar refractivity (Wildman–Crippen MR) is 12.5 cm³/mol. The third-order valence-electron chi connectivity index (χ3n) is 0.161. The highest BCUT2D eigenvalue weighted by atomic mass is 19.3. The van der Waals surface area contributed by atoms with E-state index >= 15 is 0 Å². The number of rotatable bonds is 0. The zero-order chi connectivity index (χ0) is 4.99. The average Bonchev–Trinajstić information content (AvgIpc) is 1.65. The highest BCUT2D eigenvalue weighted by molar-refractivity contribution is 5.64. The van der Waals surface area contributed by atoms with Crippen LogP contribution < -0.4 is 5.48 Å². The molecule has 0 aliphatic rings. The van der Waals surface area contributed by atoms with Crippen molar-refractivity contribution in [2.24, 2.45) is 0 Å². The van der Waals surface area contributed by atoms with Gasteiger partial charge in [-0.15, -0.1) is 0 Å². The molecule has 0 saturated heterocycles. The van der Waals surface area contributed by atoms with Crippen LogP contribution in [0.15, 0.2) is 0 Å². The molecule has 0 aliphatic heterocycles. The van der Waals surface area contributed by atoms with Crippen LogP contribution in [0, 0.1) is 0 Å². The second kappa shape index (κ2) is 2.40. The molecule has 1 amide bonds. The lowest BCUT2D eigenvalue weighted by molar-refractivity contribution is -0.0771. The second-order valence-corrected chi connectivity index (χ2v) is 0.476. The first-order valence-electron chi connectivity index (χ1n) is 1.04. The van der Waals surface area contributed by atoms with Crippen molar-refractivity contribution in [3.8, 4) is 0 Å². The number of amides is 1. The Balaban J connectivity index is 2.99. The van der Waals surface area contributed by atoms with E-state index in [1.165, 1.54) is 0 Å². The Morgan fingerprint density at radius 3 is 2.50 bits per heavy atom. The Bertz CT molecular complexity index is 48.8. The molecule has 4 nitrogen and oxygen atoms in total. The monoisotopic (exact) mass is 95.0 g/mol. The number of halogens is 1. The van der Waals surface area contributed by atoms with E-state index < -0.39 is 6.09 Å². The summed E-state index contributed by atoms with van der Waals surface area (Å²) in [5.74, 6) is 0. The van der Waals surface area contributed by atoms with Crippen molar-refractivity contribution in [1.29, 1.82) is 0 Å². The smallest absolute Gasteiger partial charge is 0.286 e. The highest BCUT2D eigenvalue weighted by Gasteiger charge is 1.92. The maximum atomic E-state index is 10.3. The van der Waals surface area contributed by atoms with Crippen LogP contribution in [0.25, 0.3) is 0 Å². The van der Waals surface area contributed by atoms with Gasteiger partial charge in [0.05, 0.1) is 0 Å². The molecule has 36 valence electrons. The lowest BCUT2D eigenvalue weighted by Crippen LogP contribution is -2.15. The first-order valence-corrected chi connectivity index (χ1v) is 1.04. The average molecular weight is 95.0 g/mol. The summed E-state index contributed by atoms with van der Waals surface area (Å²) in [6, 6.07) is 0. The summed E-state index contributed by atoms with van der Waals surface area (Å²) in [5.41, 5.74) is 0.878. The highest BCUT2D eigenvalue weighted by Crippen LogP contribution is 1.69. The van der Waals surface area contributed by atoms with E-state index in [4.69, 9.17) is 5.21 Å². The van der Waals surface area contributed by atoms with Crippen LogP contribution in [0.2, 0.25) is 0 Å². The fourth-order valence-corrected chi connectivity index (χ4v) is 0.0173. The number of carbonyl (C=O) groups is 1. The van der Waals surface area contributed by atoms with Gasteiger partial charge in [-0.2, -0.15) is 5.48 Å². The Morgan fingerprint density at radius 1 is 2.00 bits per heavy atom. The topological polar surface area (TPSA) is 58.6 Å². The summed E-state index contributed by atoms with van der Waals surface area (Å²) >= 11 is 0. The van der Waals surface area contributed by atoms with Crippen molar-refractivity contribution < 1.29 is 19.5 Å². The molecule has 0 aromatic rings. The SMILES string of the molecule is O=C(NO)OF. The second-order valence-electron chi connectivity index (χ2n) is 0.476. The standard InChI is InChI=1S/CH2FNO3/c2-6-1(4)3-5/h5H,(H,3,4). The normalized spacial score (nSPS) is 7.00. The van der Waals surface area contributed by atoms with Crippen molar-refractivity contribution in [2.75, 3.05) is 0 Å². The van der Waals surface area contributed by atoms with Gasteiger partial charge < -0.3 is 0 Å². The summed E-state index contributed by atoms with van der Waals surface area (Å²) in [4.78, 5) is 11.6. The first-order chi connectivity index (χ1) is 2.81. The van der Waals surface area contributed by atoms with Crippen LogP contribution in [-0.2, 0) is 4.94 Å². The molecule has 0 aromatic heterocycles. The molecule has 5 heteroatoms. The van der Waals surface area contributed by atoms with Crippen LogP contribution in [-0.4, -0.2) is 11.3 Å². The largest absolute Gasteiger partial charge is 0.467 e. The number of hydrogen-bond acceptors (Lipinski definition) is 3. The van der Waals surface area contributed by atoms with Gasteiger partial charge in [0.1, 0.15) is 0 Å². The molecule has 0 fully saturated rings. The van der Waals surface area contributed by atoms with Gasteiger partial charge in [-0.3, -0.25) is 5.21 Å². The van der Waals surface area contributed by atoms with E-state index in [1.807, 2.05) is 0 Å². The van der Waals surface area contributed by atoms with Gasteiger partial charge in [0, 0.05) is 4.53 Å². The maximum Gasteiger partial charge on any atom is 0.467 e. The minimum atomic E-state index is -1.52. The number of carbonyl (C=O) groups excluding carboxylic acids is 1. The summed E-state index contributed by atoms with van der Waals surface area (Å²) in [7, 11) is 0. The number of hydrogen-bond donors (Lipinski definition) is 2. The van der Waals surface area contributed by atoms with E-state index in [0.717, 1.165) is 5.48 Å². The van der Waals surface area contributed by atoms with Crippen molar-refractivity contribution in [3.63, 3.8) is 0 Å². The van der Waals surface area contributed by atoms with Crippen molar-refractivity contribution >= 4 is 6.09 Å².